The summed E-state index contributed by atoms with van der Waals surface area (Å²) in [5.41, 5.74) is -1.11. The lowest BCUT2D eigenvalue weighted by Crippen LogP contribution is -2.03. The molecule has 18 heavy (non-hydrogen) atoms. The Hall–Kier alpha value is -2.43. The minimum Gasteiger partial charge on any atom is -0.343 e. The fraction of sp³-hybridized carbons (Fsp3) is 0. The topological polar surface area (TPSA) is 83.4 Å². The number of rotatable bonds is 2. The zero-order chi connectivity index (χ0) is 13.7. The standard InChI is InChI=1S/C11H3BrF2N4/c12-7-1-10(9(14)2-8(7)13)18-11(5-17)6(3-15)4-16/h1-2,18H. The van der Waals surface area contributed by atoms with Gasteiger partial charge in [0.05, 0.1) is 10.2 Å². The first-order valence-electron chi connectivity index (χ1n) is 4.39. The van der Waals surface area contributed by atoms with Crippen molar-refractivity contribution in [1.82, 2.24) is 0 Å². The van der Waals surface area contributed by atoms with Crippen LogP contribution in [0.1, 0.15) is 0 Å². The summed E-state index contributed by atoms with van der Waals surface area (Å²) in [4.78, 5) is 0. The monoisotopic (exact) mass is 308 g/mol. The zero-order valence-electron chi connectivity index (χ0n) is 8.63. The van der Waals surface area contributed by atoms with Crippen LogP contribution >= 0.6 is 15.9 Å². The van der Waals surface area contributed by atoms with E-state index in [1.165, 1.54) is 12.1 Å². The Balaban J connectivity index is 3.26. The molecule has 0 saturated carbocycles. The van der Waals surface area contributed by atoms with E-state index in [1.807, 2.05) is 0 Å². The highest BCUT2D eigenvalue weighted by Gasteiger charge is 2.12. The first kappa shape index (κ1) is 13.6. The molecule has 0 aliphatic rings. The average Bonchev–Trinajstić information content (AvgIpc) is 2.35. The third-order valence-corrected chi connectivity index (χ3v) is 2.46. The van der Waals surface area contributed by atoms with E-state index >= 15 is 0 Å². The van der Waals surface area contributed by atoms with Crippen LogP contribution in [0.4, 0.5) is 14.5 Å². The number of nitriles is 3. The third-order valence-electron chi connectivity index (χ3n) is 1.86. The van der Waals surface area contributed by atoms with Crippen molar-refractivity contribution < 1.29 is 8.78 Å². The smallest absolute Gasteiger partial charge is 0.163 e. The molecule has 1 aromatic carbocycles. The van der Waals surface area contributed by atoms with Crippen LogP contribution in [0, 0.1) is 45.6 Å². The molecule has 0 unspecified atom stereocenters. The largest absolute Gasteiger partial charge is 0.343 e. The summed E-state index contributed by atoms with van der Waals surface area (Å²) in [6.07, 6.45) is 0. The van der Waals surface area contributed by atoms with Gasteiger partial charge in [0.1, 0.15) is 35.5 Å². The maximum absolute atomic E-state index is 13.4. The van der Waals surface area contributed by atoms with Gasteiger partial charge in [-0.2, -0.15) is 15.8 Å². The number of nitrogens with zero attached hydrogens (tertiary/aromatic N) is 3. The highest BCUT2D eigenvalue weighted by Crippen LogP contribution is 2.25. The van der Waals surface area contributed by atoms with E-state index in [-0.39, 0.29) is 10.2 Å². The summed E-state index contributed by atoms with van der Waals surface area (Å²) < 4.78 is 26.3. The lowest BCUT2D eigenvalue weighted by molar-refractivity contribution is 0.581. The normalized spacial score (nSPS) is 8.67. The minimum absolute atomic E-state index is 0.0147. The van der Waals surface area contributed by atoms with Crippen LogP contribution in [-0.2, 0) is 0 Å². The second kappa shape index (κ2) is 5.77. The van der Waals surface area contributed by atoms with E-state index in [9.17, 15) is 8.78 Å². The molecule has 0 heterocycles. The van der Waals surface area contributed by atoms with Crippen molar-refractivity contribution in [3.63, 3.8) is 0 Å². The Bertz CT molecular complexity index is 631. The van der Waals surface area contributed by atoms with Gasteiger partial charge in [-0.25, -0.2) is 8.78 Å². The Morgan fingerprint density at radius 2 is 1.67 bits per heavy atom. The minimum atomic E-state index is -0.946. The van der Waals surface area contributed by atoms with Crippen molar-refractivity contribution in [2.24, 2.45) is 0 Å². The van der Waals surface area contributed by atoms with Gasteiger partial charge < -0.3 is 5.32 Å². The summed E-state index contributed by atoms with van der Waals surface area (Å²) in [6, 6.07) is 6.22. The summed E-state index contributed by atoms with van der Waals surface area (Å²) >= 11 is 2.85. The molecule has 1 N–H and O–H groups in total. The van der Waals surface area contributed by atoms with Crippen LogP contribution in [0.25, 0.3) is 0 Å². The molecule has 1 rings (SSSR count). The molecule has 0 bridgehead atoms. The molecule has 0 radical (unpaired) electrons. The number of halogens is 3. The van der Waals surface area contributed by atoms with Gasteiger partial charge in [-0.15, -0.1) is 0 Å². The molecule has 1 aromatic rings. The molecule has 7 heteroatoms. The Labute approximate surface area is 109 Å². The molecule has 0 spiro atoms. The van der Waals surface area contributed by atoms with Gasteiger partial charge in [-0.3, -0.25) is 0 Å². The van der Waals surface area contributed by atoms with Crippen molar-refractivity contribution in [3.05, 3.63) is 39.5 Å². The van der Waals surface area contributed by atoms with Crippen LogP contribution in [-0.4, -0.2) is 0 Å². The molecule has 0 aliphatic carbocycles. The fourth-order valence-corrected chi connectivity index (χ4v) is 1.38. The first-order valence-corrected chi connectivity index (χ1v) is 5.19. The second-order valence-electron chi connectivity index (χ2n) is 2.96. The molecule has 0 amide bonds. The van der Waals surface area contributed by atoms with Gasteiger partial charge in [-0.05, 0) is 22.0 Å². The fourth-order valence-electron chi connectivity index (χ4n) is 1.04. The number of allylic oxidation sites excluding steroid dienone is 2. The van der Waals surface area contributed by atoms with Crippen LogP contribution in [0.15, 0.2) is 27.9 Å². The highest BCUT2D eigenvalue weighted by molar-refractivity contribution is 9.10. The van der Waals surface area contributed by atoms with Crippen molar-refractivity contribution in [2.75, 3.05) is 5.32 Å². The summed E-state index contributed by atoms with van der Waals surface area (Å²) in [5.74, 6) is -1.75. The van der Waals surface area contributed by atoms with Crippen LogP contribution < -0.4 is 5.32 Å². The Kier molecular flexibility index (Phi) is 4.37. The summed E-state index contributed by atoms with van der Waals surface area (Å²) in [5, 5.41) is 28.2. The third kappa shape index (κ3) is 2.82. The molecule has 0 fully saturated rings. The predicted molar refractivity (Wildman–Crippen MR) is 61.5 cm³/mol. The quantitative estimate of drug-likeness (QED) is 0.672. The van der Waals surface area contributed by atoms with E-state index in [0.717, 1.165) is 6.07 Å². The zero-order valence-corrected chi connectivity index (χ0v) is 10.2. The van der Waals surface area contributed by atoms with E-state index < -0.39 is 22.9 Å². The van der Waals surface area contributed by atoms with Crippen molar-refractivity contribution in [2.45, 2.75) is 0 Å². The van der Waals surface area contributed by atoms with Crippen LogP contribution in [0.5, 0.6) is 0 Å². The Morgan fingerprint density at radius 1 is 1.06 bits per heavy atom. The van der Waals surface area contributed by atoms with Gasteiger partial charge in [0.25, 0.3) is 0 Å². The van der Waals surface area contributed by atoms with E-state index in [4.69, 9.17) is 15.8 Å². The van der Waals surface area contributed by atoms with Gasteiger partial charge in [-0.1, -0.05) is 0 Å². The summed E-state index contributed by atoms with van der Waals surface area (Å²) in [6.45, 7) is 0. The van der Waals surface area contributed by atoms with E-state index in [0.29, 0.717) is 6.07 Å². The molecule has 0 saturated heterocycles. The van der Waals surface area contributed by atoms with Crippen LogP contribution in [0.3, 0.4) is 0 Å². The lowest BCUT2D eigenvalue weighted by Gasteiger charge is -2.07. The molecular weight excluding hydrogens is 306 g/mol. The molecule has 0 atom stereocenters. The Morgan fingerprint density at radius 3 is 2.17 bits per heavy atom. The van der Waals surface area contributed by atoms with Crippen LogP contribution in [0.2, 0.25) is 0 Å². The summed E-state index contributed by atoms with van der Waals surface area (Å²) in [7, 11) is 0. The number of benzene rings is 1. The van der Waals surface area contributed by atoms with Crippen molar-refractivity contribution in [1.29, 1.82) is 15.8 Å². The first-order chi connectivity index (χ1) is 8.53. The lowest BCUT2D eigenvalue weighted by atomic mass is 10.2. The van der Waals surface area contributed by atoms with Gasteiger partial charge in [0, 0.05) is 6.07 Å². The molecular formula is C11H3BrF2N4. The molecule has 0 aliphatic heterocycles. The van der Waals surface area contributed by atoms with Crippen molar-refractivity contribution >= 4 is 21.6 Å². The van der Waals surface area contributed by atoms with Gasteiger partial charge >= 0.3 is 0 Å². The van der Waals surface area contributed by atoms with E-state index in [1.54, 1.807) is 6.07 Å². The second-order valence-corrected chi connectivity index (χ2v) is 3.81. The number of nitrogens with one attached hydrogen (secondary N) is 1. The highest BCUT2D eigenvalue weighted by atomic mass is 79.9. The van der Waals surface area contributed by atoms with Gasteiger partial charge in [0.15, 0.2) is 5.57 Å². The van der Waals surface area contributed by atoms with Crippen molar-refractivity contribution in [3.8, 4) is 18.2 Å². The number of anilines is 1. The maximum atomic E-state index is 13.4. The predicted octanol–water partition coefficient (Wildman–Crippen LogP) is 2.96. The van der Waals surface area contributed by atoms with E-state index in [2.05, 4.69) is 21.2 Å². The molecule has 88 valence electrons. The van der Waals surface area contributed by atoms with Gasteiger partial charge in [0.2, 0.25) is 0 Å². The molecule has 4 nitrogen and oxygen atoms in total. The number of hydrogen-bond acceptors (Lipinski definition) is 4. The average molecular weight is 309 g/mol. The molecule has 0 aromatic heterocycles. The number of hydrogen-bond donors (Lipinski definition) is 1. The maximum Gasteiger partial charge on any atom is 0.163 e. The SMILES string of the molecule is N#CC(C#N)=C(C#N)Nc1cc(Br)c(F)cc1F.